The molecule has 3 nitrogen and oxygen atoms in total. The Balaban J connectivity index is 2.13. The van der Waals surface area contributed by atoms with Gasteiger partial charge in [-0.3, -0.25) is 14.5 Å². The fourth-order valence-corrected chi connectivity index (χ4v) is 3.35. The van der Waals surface area contributed by atoms with Crippen molar-refractivity contribution in [3.63, 3.8) is 0 Å². The lowest BCUT2D eigenvalue weighted by Gasteiger charge is -2.14. The van der Waals surface area contributed by atoms with Crippen LogP contribution in [0.25, 0.3) is 0 Å². The van der Waals surface area contributed by atoms with Crippen LogP contribution in [0.1, 0.15) is 18.9 Å². The van der Waals surface area contributed by atoms with Crippen LogP contribution in [0.2, 0.25) is 0 Å². The second-order valence-corrected chi connectivity index (χ2v) is 6.07. The second kappa shape index (κ2) is 6.39. The molecule has 0 saturated carbocycles. The number of halogens is 1. The summed E-state index contributed by atoms with van der Waals surface area (Å²) < 4.78 is 0.395. The molecular formula is C14H14BrNO2S. The van der Waals surface area contributed by atoms with E-state index in [9.17, 15) is 9.59 Å². The highest BCUT2D eigenvalue weighted by molar-refractivity contribution is 9.12. The Morgan fingerprint density at radius 3 is 2.47 bits per heavy atom. The first-order valence-electron chi connectivity index (χ1n) is 6.07. The first-order valence-corrected chi connectivity index (χ1v) is 7.85. The van der Waals surface area contributed by atoms with Crippen LogP contribution < -0.4 is 0 Å². The zero-order valence-corrected chi connectivity index (χ0v) is 13.0. The summed E-state index contributed by atoms with van der Waals surface area (Å²) in [6, 6.07) is 9.52. The predicted molar refractivity (Wildman–Crippen MR) is 80.7 cm³/mol. The summed E-state index contributed by atoms with van der Waals surface area (Å²) in [7, 11) is 0. The maximum absolute atomic E-state index is 12.2. The van der Waals surface area contributed by atoms with E-state index in [-0.39, 0.29) is 11.8 Å². The Bertz CT molecular complexity index is 528. The maximum atomic E-state index is 12.2. The van der Waals surface area contributed by atoms with Gasteiger partial charge in [-0.2, -0.15) is 0 Å². The lowest BCUT2D eigenvalue weighted by molar-refractivity contribution is -0.137. The van der Waals surface area contributed by atoms with Crippen LogP contribution in [0.4, 0.5) is 0 Å². The van der Waals surface area contributed by atoms with E-state index < -0.39 is 0 Å². The second-order valence-electron chi connectivity index (χ2n) is 4.17. The van der Waals surface area contributed by atoms with E-state index >= 15 is 0 Å². The van der Waals surface area contributed by atoms with Gasteiger partial charge < -0.3 is 0 Å². The standard InChI is InChI=1S/C14H14BrNO2S/c1-2-8-19-12-11(15)13(17)16(14(12)18)9-10-6-4-3-5-7-10/h3-7H,2,8-9H2,1H3. The molecule has 0 saturated heterocycles. The number of hydrogen-bond donors (Lipinski definition) is 0. The van der Waals surface area contributed by atoms with Crippen molar-refractivity contribution in [2.45, 2.75) is 19.9 Å². The summed E-state index contributed by atoms with van der Waals surface area (Å²) in [5.41, 5.74) is 0.950. The lowest BCUT2D eigenvalue weighted by atomic mass is 10.2. The lowest BCUT2D eigenvalue weighted by Crippen LogP contribution is -2.30. The third-order valence-corrected chi connectivity index (χ3v) is 4.98. The van der Waals surface area contributed by atoms with Crippen LogP contribution >= 0.6 is 27.7 Å². The third-order valence-electron chi connectivity index (χ3n) is 2.71. The first-order chi connectivity index (χ1) is 9.15. The molecule has 5 heteroatoms. The molecule has 0 N–H and O–H groups in total. The summed E-state index contributed by atoms with van der Waals surface area (Å²) in [6.07, 6.45) is 0.967. The molecule has 0 radical (unpaired) electrons. The largest absolute Gasteiger partial charge is 0.269 e. The Morgan fingerprint density at radius 1 is 1.16 bits per heavy atom. The Kier molecular flexibility index (Phi) is 4.82. The Hall–Kier alpha value is -1.07. The molecule has 1 aromatic carbocycles. The van der Waals surface area contributed by atoms with E-state index in [0.29, 0.717) is 15.9 Å². The van der Waals surface area contributed by atoms with Gasteiger partial charge in [0.1, 0.15) is 4.48 Å². The van der Waals surface area contributed by atoms with Gasteiger partial charge in [0, 0.05) is 0 Å². The first kappa shape index (κ1) is 14.3. The van der Waals surface area contributed by atoms with Gasteiger partial charge in [0.15, 0.2) is 0 Å². The molecule has 2 rings (SSSR count). The molecule has 0 aromatic heterocycles. The van der Waals surface area contributed by atoms with Crippen LogP contribution in [-0.2, 0) is 16.1 Å². The fourth-order valence-electron chi connectivity index (χ4n) is 1.76. The molecule has 1 heterocycles. The molecule has 0 spiro atoms. The molecule has 0 aliphatic carbocycles. The van der Waals surface area contributed by atoms with Crippen LogP contribution in [0.5, 0.6) is 0 Å². The van der Waals surface area contributed by atoms with Crippen molar-refractivity contribution in [2.24, 2.45) is 0 Å². The topological polar surface area (TPSA) is 37.4 Å². The molecule has 0 fully saturated rings. The fraction of sp³-hybridized carbons (Fsp3) is 0.286. The van der Waals surface area contributed by atoms with Gasteiger partial charge in [-0.05, 0) is 33.7 Å². The van der Waals surface area contributed by atoms with Gasteiger partial charge in [-0.25, -0.2) is 0 Å². The Morgan fingerprint density at radius 2 is 1.84 bits per heavy atom. The molecule has 0 atom stereocenters. The number of carbonyl (C=O) groups excluding carboxylic acids is 2. The molecular weight excluding hydrogens is 326 g/mol. The zero-order valence-electron chi connectivity index (χ0n) is 10.6. The number of carbonyl (C=O) groups is 2. The zero-order chi connectivity index (χ0) is 13.8. The van der Waals surface area contributed by atoms with Crippen LogP contribution in [-0.4, -0.2) is 22.5 Å². The number of nitrogens with zero attached hydrogens (tertiary/aromatic N) is 1. The normalized spacial score (nSPS) is 15.6. The molecule has 19 heavy (non-hydrogen) atoms. The van der Waals surface area contributed by atoms with Crippen molar-refractivity contribution in [3.8, 4) is 0 Å². The number of hydrogen-bond acceptors (Lipinski definition) is 3. The number of imide groups is 1. The van der Waals surface area contributed by atoms with Gasteiger partial charge in [0.2, 0.25) is 0 Å². The molecule has 100 valence electrons. The number of amides is 2. The van der Waals surface area contributed by atoms with Crippen molar-refractivity contribution in [3.05, 3.63) is 45.3 Å². The van der Waals surface area contributed by atoms with Crippen LogP contribution in [0, 0.1) is 0 Å². The highest BCUT2D eigenvalue weighted by Crippen LogP contribution is 2.34. The number of rotatable bonds is 5. The van der Waals surface area contributed by atoms with E-state index in [4.69, 9.17) is 0 Å². The monoisotopic (exact) mass is 339 g/mol. The summed E-state index contributed by atoms with van der Waals surface area (Å²) in [6.45, 7) is 2.37. The minimum atomic E-state index is -0.243. The minimum Gasteiger partial charge on any atom is -0.269 e. The van der Waals surface area contributed by atoms with E-state index in [1.54, 1.807) is 0 Å². The molecule has 1 aromatic rings. The van der Waals surface area contributed by atoms with E-state index in [1.807, 2.05) is 37.3 Å². The average Bonchev–Trinajstić information content (AvgIpc) is 2.62. The quantitative estimate of drug-likeness (QED) is 0.772. The smallest absolute Gasteiger partial charge is 0.269 e. The highest BCUT2D eigenvalue weighted by atomic mass is 79.9. The SMILES string of the molecule is CCCSC1=C(Br)C(=O)N(Cc2ccccc2)C1=O. The summed E-state index contributed by atoms with van der Waals surface area (Å²) in [5.74, 6) is 0.398. The molecule has 2 amide bonds. The maximum Gasteiger partial charge on any atom is 0.269 e. The van der Waals surface area contributed by atoms with Crippen molar-refractivity contribution < 1.29 is 9.59 Å². The van der Waals surface area contributed by atoms with Gasteiger partial charge in [0.25, 0.3) is 11.8 Å². The molecule has 1 aliphatic rings. The summed E-state index contributed by atoms with van der Waals surface area (Å²) in [4.78, 5) is 26.1. The van der Waals surface area contributed by atoms with Gasteiger partial charge >= 0.3 is 0 Å². The van der Waals surface area contributed by atoms with Crippen molar-refractivity contribution in [2.75, 3.05) is 5.75 Å². The summed E-state index contributed by atoms with van der Waals surface area (Å²) >= 11 is 4.68. The van der Waals surface area contributed by atoms with Crippen LogP contribution in [0.15, 0.2) is 39.7 Å². The average molecular weight is 340 g/mol. The minimum absolute atomic E-state index is 0.195. The van der Waals surface area contributed by atoms with Crippen molar-refractivity contribution in [1.29, 1.82) is 0 Å². The molecule has 0 unspecified atom stereocenters. The molecule has 0 bridgehead atoms. The van der Waals surface area contributed by atoms with E-state index in [0.717, 1.165) is 17.7 Å². The van der Waals surface area contributed by atoms with Gasteiger partial charge in [-0.1, -0.05) is 37.3 Å². The highest BCUT2D eigenvalue weighted by Gasteiger charge is 2.37. The third kappa shape index (κ3) is 3.09. The van der Waals surface area contributed by atoms with Gasteiger partial charge in [-0.15, -0.1) is 11.8 Å². The summed E-state index contributed by atoms with van der Waals surface area (Å²) in [5, 5.41) is 0. The Labute approximate surface area is 125 Å². The van der Waals surface area contributed by atoms with E-state index in [1.165, 1.54) is 16.7 Å². The van der Waals surface area contributed by atoms with E-state index in [2.05, 4.69) is 15.9 Å². The van der Waals surface area contributed by atoms with Crippen molar-refractivity contribution >= 4 is 39.5 Å². The van der Waals surface area contributed by atoms with Crippen LogP contribution in [0.3, 0.4) is 0 Å². The van der Waals surface area contributed by atoms with Gasteiger partial charge in [0.05, 0.1) is 11.4 Å². The number of thioether (sulfide) groups is 1. The van der Waals surface area contributed by atoms with Crippen molar-refractivity contribution in [1.82, 2.24) is 4.90 Å². The number of benzene rings is 1. The predicted octanol–water partition coefficient (Wildman–Crippen LogP) is 3.31. The molecule has 1 aliphatic heterocycles.